The van der Waals surface area contributed by atoms with Crippen LogP contribution in [0.15, 0.2) is 36.5 Å². The number of aromatic nitrogens is 1. The van der Waals surface area contributed by atoms with Gasteiger partial charge in [-0.1, -0.05) is 18.2 Å². The van der Waals surface area contributed by atoms with Crippen molar-refractivity contribution < 1.29 is 13.3 Å². The van der Waals surface area contributed by atoms with Gasteiger partial charge in [0.05, 0.1) is 5.52 Å². The normalized spacial score (nSPS) is 12.0. The van der Waals surface area contributed by atoms with Gasteiger partial charge in [0.25, 0.3) is 0 Å². The highest BCUT2D eigenvalue weighted by Crippen LogP contribution is 2.21. The molecule has 0 radical (unpaired) electrons. The highest BCUT2D eigenvalue weighted by Gasteiger charge is 2.36. The molecule has 21 heavy (non-hydrogen) atoms. The summed E-state index contributed by atoms with van der Waals surface area (Å²) in [5.41, 5.74) is 2.41. The zero-order chi connectivity index (χ0) is 15.1. The van der Waals surface area contributed by atoms with E-state index in [-0.39, 0.29) is 0 Å². The van der Waals surface area contributed by atoms with Gasteiger partial charge in [-0.15, -0.1) is 0 Å². The third kappa shape index (κ3) is 3.88. The predicted molar refractivity (Wildman–Crippen MR) is 86.3 cm³/mol. The smallest absolute Gasteiger partial charge is 0.377 e. The molecule has 1 aromatic heterocycles. The molecule has 0 fully saturated rings. The van der Waals surface area contributed by atoms with E-state index in [1.54, 1.807) is 21.3 Å². The number of nitrogens with zero attached hydrogens (tertiary/aromatic N) is 1. The molecule has 0 saturated heterocycles. The number of pyridine rings is 1. The van der Waals surface area contributed by atoms with Gasteiger partial charge >= 0.3 is 8.80 Å². The quantitative estimate of drug-likeness (QED) is 0.553. The second-order valence-corrected chi connectivity index (χ2v) is 8.08. The molecule has 2 rings (SSSR count). The average Bonchev–Trinajstić information content (AvgIpc) is 2.56. The van der Waals surface area contributed by atoms with Crippen LogP contribution in [0.25, 0.3) is 10.9 Å². The minimum absolute atomic E-state index is 0.847. The van der Waals surface area contributed by atoms with Crippen molar-refractivity contribution in [2.45, 2.75) is 25.3 Å². The Balaban J connectivity index is 1.94. The van der Waals surface area contributed by atoms with Crippen molar-refractivity contribution >= 4 is 19.7 Å². The Morgan fingerprint density at radius 3 is 2.38 bits per heavy atom. The van der Waals surface area contributed by atoms with Crippen molar-refractivity contribution in [3.63, 3.8) is 0 Å². The number of hydrogen-bond donors (Lipinski definition) is 0. The first-order valence-electron chi connectivity index (χ1n) is 7.23. The number of benzene rings is 1. The van der Waals surface area contributed by atoms with Crippen LogP contribution in [0.1, 0.15) is 18.4 Å². The molecule has 5 heteroatoms. The van der Waals surface area contributed by atoms with Crippen LogP contribution in [-0.4, -0.2) is 35.1 Å². The van der Waals surface area contributed by atoms with E-state index in [9.17, 15) is 0 Å². The van der Waals surface area contributed by atoms with Crippen LogP contribution in [-0.2, 0) is 19.7 Å². The SMILES string of the molecule is CO[Si](CCCCc1ccnc2ccccc12)(OC)OC. The Morgan fingerprint density at radius 2 is 1.67 bits per heavy atom. The average molecular weight is 305 g/mol. The zero-order valence-electron chi connectivity index (χ0n) is 13.0. The maximum Gasteiger partial charge on any atom is 0.500 e. The first-order chi connectivity index (χ1) is 10.2. The minimum Gasteiger partial charge on any atom is -0.377 e. The molecule has 0 amide bonds. The van der Waals surface area contributed by atoms with Crippen molar-refractivity contribution in [2.24, 2.45) is 0 Å². The molecular formula is C16H23NO3Si. The summed E-state index contributed by atoms with van der Waals surface area (Å²) in [6.07, 6.45) is 5.03. The number of rotatable bonds is 8. The Kier molecular flexibility index (Phi) is 5.87. The summed E-state index contributed by atoms with van der Waals surface area (Å²) in [7, 11) is 2.57. The van der Waals surface area contributed by atoms with Crippen LogP contribution in [0.5, 0.6) is 0 Å². The van der Waals surface area contributed by atoms with Crippen molar-refractivity contribution in [3.8, 4) is 0 Å². The van der Waals surface area contributed by atoms with Gasteiger partial charge in [0.1, 0.15) is 0 Å². The lowest BCUT2D eigenvalue weighted by Gasteiger charge is -2.24. The van der Waals surface area contributed by atoms with Crippen LogP contribution < -0.4 is 0 Å². The highest BCUT2D eigenvalue weighted by atomic mass is 28.4. The third-order valence-electron chi connectivity index (χ3n) is 3.85. The fraction of sp³-hybridized carbons (Fsp3) is 0.438. The maximum absolute atomic E-state index is 5.44. The summed E-state index contributed by atoms with van der Waals surface area (Å²) in [5.74, 6) is 0. The molecular weight excluding hydrogens is 282 g/mol. The predicted octanol–water partition coefficient (Wildman–Crippen LogP) is 3.44. The first kappa shape index (κ1) is 16.1. The summed E-state index contributed by atoms with van der Waals surface area (Å²) < 4.78 is 16.3. The largest absolute Gasteiger partial charge is 0.500 e. The van der Waals surface area contributed by atoms with Gasteiger partial charge in [-0.05, 0) is 37.0 Å². The topological polar surface area (TPSA) is 40.6 Å². The standard InChI is InChI=1S/C16H23NO3Si/c1-18-21(19-2,20-3)13-7-6-8-14-11-12-17-16-10-5-4-9-15(14)16/h4-5,9-12H,6-8,13H2,1-3H3. The van der Waals surface area contributed by atoms with Gasteiger partial charge in [0.15, 0.2) is 0 Å². The fourth-order valence-corrected chi connectivity index (χ4v) is 4.38. The molecule has 0 atom stereocenters. The van der Waals surface area contributed by atoms with Crippen LogP contribution in [0.3, 0.4) is 0 Å². The molecule has 1 aromatic carbocycles. The Labute approximate surface area is 127 Å². The van der Waals surface area contributed by atoms with Crippen molar-refractivity contribution in [2.75, 3.05) is 21.3 Å². The van der Waals surface area contributed by atoms with Crippen LogP contribution >= 0.6 is 0 Å². The molecule has 4 nitrogen and oxygen atoms in total. The molecule has 1 heterocycles. The number of para-hydroxylation sites is 1. The van der Waals surface area contributed by atoms with E-state index in [1.807, 2.05) is 12.3 Å². The number of aryl methyl sites for hydroxylation is 1. The van der Waals surface area contributed by atoms with E-state index < -0.39 is 8.80 Å². The van der Waals surface area contributed by atoms with Crippen LogP contribution in [0.4, 0.5) is 0 Å². The van der Waals surface area contributed by atoms with Crippen molar-refractivity contribution in [1.29, 1.82) is 0 Å². The molecule has 114 valence electrons. The summed E-state index contributed by atoms with van der Waals surface area (Å²) >= 11 is 0. The highest BCUT2D eigenvalue weighted by molar-refractivity contribution is 6.60. The lowest BCUT2D eigenvalue weighted by Crippen LogP contribution is -2.42. The fourth-order valence-electron chi connectivity index (χ4n) is 2.59. The van der Waals surface area contributed by atoms with Crippen LogP contribution in [0.2, 0.25) is 6.04 Å². The van der Waals surface area contributed by atoms with E-state index in [4.69, 9.17) is 13.3 Å². The van der Waals surface area contributed by atoms with E-state index in [2.05, 4.69) is 29.2 Å². The number of fused-ring (bicyclic) bond motifs is 1. The number of unbranched alkanes of at least 4 members (excludes halogenated alkanes) is 1. The molecule has 0 N–H and O–H groups in total. The molecule has 0 aliphatic rings. The monoisotopic (exact) mass is 305 g/mol. The van der Waals surface area contributed by atoms with Gasteiger partial charge in [-0.2, -0.15) is 0 Å². The second-order valence-electron chi connectivity index (χ2n) is 4.99. The molecule has 0 saturated carbocycles. The zero-order valence-corrected chi connectivity index (χ0v) is 14.0. The van der Waals surface area contributed by atoms with Gasteiger partial charge < -0.3 is 13.3 Å². The maximum atomic E-state index is 5.44. The minimum atomic E-state index is -2.42. The van der Waals surface area contributed by atoms with Gasteiger partial charge in [0, 0.05) is 39.0 Å². The molecule has 0 aliphatic carbocycles. The molecule has 0 bridgehead atoms. The Morgan fingerprint density at radius 1 is 0.952 bits per heavy atom. The van der Waals surface area contributed by atoms with E-state index in [1.165, 1.54) is 10.9 Å². The van der Waals surface area contributed by atoms with Crippen molar-refractivity contribution in [1.82, 2.24) is 4.98 Å². The van der Waals surface area contributed by atoms with E-state index in [0.717, 1.165) is 30.8 Å². The number of hydrogen-bond acceptors (Lipinski definition) is 4. The molecule has 2 aromatic rings. The molecule has 0 spiro atoms. The molecule has 0 aliphatic heterocycles. The third-order valence-corrected chi connectivity index (χ3v) is 6.68. The van der Waals surface area contributed by atoms with E-state index in [0.29, 0.717) is 0 Å². The first-order valence-corrected chi connectivity index (χ1v) is 9.16. The summed E-state index contributed by atoms with van der Waals surface area (Å²) in [6.45, 7) is 0. The summed E-state index contributed by atoms with van der Waals surface area (Å²) in [6, 6.07) is 11.2. The van der Waals surface area contributed by atoms with Crippen LogP contribution in [0, 0.1) is 0 Å². The van der Waals surface area contributed by atoms with E-state index >= 15 is 0 Å². The lowest BCUT2D eigenvalue weighted by molar-refractivity contribution is 0.123. The summed E-state index contributed by atoms with van der Waals surface area (Å²) in [5, 5.41) is 1.24. The van der Waals surface area contributed by atoms with Gasteiger partial charge in [-0.3, -0.25) is 4.98 Å². The van der Waals surface area contributed by atoms with Gasteiger partial charge in [-0.25, -0.2) is 0 Å². The second kappa shape index (κ2) is 7.65. The van der Waals surface area contributed by atoms with Gasteiger partial charge in [0.2, 0.25) is 0 Å². The summed E-state index contributed by atoms with van der Waals surface area (Å²) in [4.78, 5) is 4.40. The molecule has 0 unspecified atom stereocenters. The Bertz CT molecular complexity index is 559. The van der Waals surface area contributed by atoms with Crippen molar-refractivity contribution in [3.05, 3.63) is 42.1 Å². The lowest BCUT2D eigenvalue weighted by atomic mass is 10.0. The Hall–Kier alpha value is -1.27.